The largest absolute Gasteiger partial charge is 0.477 e. The SMILES string of the molecule is O=C(O)c1cc(NC2CCS(=O)(=O)C2)ncn1. The zero-order valence-corrected chi connectivity index (χ0v) is 9.64. The van der Waals surface area contributed by atoms with Gasteiger partial charge in [0, 0.05) is 12.1 Å². The van der Waals surface area contributed by atoms with Crippen molar-refractivity contribution in [2.24, 2.45) is 0 Å². The molecule has 1 unspecified atom stereocenters. The summed E-state index contributed by atoms with van der Waals surface area (Å²) in [7, 11) is -2.96. The maximum Gasteiger partial charge on any atom is 0.354 e. The lowest BCUT2D eigenvalue weighted by Crippen LogP contribution is -2.21. The van der Waals surface area contributed by atoms with Gasteiger partial charge in [-0.05, 0) is 6.42 Å². The molecule has 2 heterocycles. The van der Waals surface area contributed by atoms with Crippen molar-refractivity contribution >= 4 is 21.6 Å². The molecule has 1 aliphatic rings. The Labute approximate surface area is 97.8 Å². The smallest absolute Gasteiger partial charge is 0.354 e. The number of hydrogen-bond acceptors (Lipinski definition) is 6. The molecule has 0 aromatic carbocycles. The number of carbonyl (C=O) groups is 1. The molecule has 0 spiro atoms. The zero-order chi connectivity index (χ0) is 12.5. The molecule has 1 aliphatic heterocycles. The Morgan fingerprint density at radius 2 is 2.24 bits per heavy atom. The number of sulfone groups is 1. The van der Waals surface area contributed by atoms with E-state index in [1.54, 1.807) is 0 Å². The van der Waals surface area contributed by atoms with Crippen LogP contribution in [0, 0.1) is 0 Å². The highest BCUT2D eigenvalue weighted by Crippen LogP contribution is 2.16. The summed E-state index contributed by atoms with van der Waals surface area (Å²) < 4.78 is 22.5. The van der Waals surface area contributed by atoms with Gasteiger partial charge >= 0.3 is 5.97 Å². The molecule has 17 heavy (non-hydrogen) atoms. The van der Waals surface area contributed by atoms with Crippen molar-refractivity contribution in [1.82, 2.24) is 9.97 Å². The summed E-state index contributed by atoms with van der Waals surface area (Å²) >= 11 is 0. The molecule has 7 nitrogen and oxygen atoms in total. The van der Waals surface area contributed by atoms with E-state index in [-0.39, 0.29) is 23.2 Å². The van der Waals surface area contributed by atoms with Crippen LogP contribution in [0.25, 0.3) is 0 Å². The van der Waals surface area contributed by atoms with Crippen LogP contribution in [0.5, 0.6) is 0 Å². The first-order valence-electron chi connectivity index (χ1n) is 4.98. The fraction of sp³-hybridized carbons (Fsp3) is 0.444. The topological polar surface area (TPSA) is 109 Å². The highest BCUT2D eigenvalue weighted by atomic mass is 32.2. The molecule has 0 bridgehead atoms. The number of aromatic nitrogens is 2. The highest BCUT2D eigenvalue weighted by molar-refractivity contribution is 7.91. The minimum Gasteiger partial charge on any atom is -0.477 e. The highest BCUT2D eigenvalue weighted by Gasteiger charge is 2.28. The van der Waals surface area contributed by atoms with Crippen LogP contribution in [0.4, 0.5) is 5.82 Å². The number of aromatic carboxylic acids is 1. The number of anilines is 1. The van der Waals surface area contributed by atoms with Gasteiger partial charge in [0.05, 0.1) is 11.5 Å². The Balaban J connectivity index is 2.09. The third-order valence-electron chi connectivity index (χ3n) is 2.47. The van der Waals surface area contributed by atoms with E-state index in [1.807, 2.05) is 0 Å². The van der Waals surface area contributed by atoms with Gasteiger partial charge in [-0.15, -0.1) is 0 Å². The number of nitrogens with zero attached hydrogens (tertiary/aromatic N) is 2. The summed E-state index contributed by atoms with van der Waals surface area (Å²) in [6.45, 7) is 0. The predicted molar refractivity (Wildman–Crippen MR) is 59.7 cm³/mol. The van der Waals surface area contributed by atoms with Crippen molar-refractivity contribution in [3.05, 3.63) is 18.1 Å². The van der Waals surface area contributed by atoms with Gasteiger partial charge in [0.15, 0.2) is 15.5 Å². The number of hydrogen-bond donors (Lipinski definition) is 2. The van der Waals surface area contributed by atoms with E-state index in [4.69, 9.17) is 5.11 Å². The zero-order valence-electron chi connectivity index (χ0n) is 8.83. The fourth-order valence-corrected chi connectivity index (χ4v) is 3.34. The molecule has 1 aromatic rings. The van der Waals surface area contributed by atoms with E-state index in [0.29, 0.717) is 12.2 Å². The van der Waals surface area contributed by atoms with E-state index in [1.165, 1.54) is 6.07 Å². The Hall–Kier alpha value is -1.70. The van der Waals surface area contributed by atoms with Crippen molar-refractivity contribution in [2.45, 2.75) is 12.5 Å². The number of carboxylic acids is 1. The van der Waals surface area contributed by atoms with Gasteiger partial charge in [0.1, 0.15) is 12.1 Å². The molecule has 1 fully saturated rings. The fourth-order valence-electron chi connectivity index (χ4n) is 1.67. The van der Waals surface area contributed by atoms with Crippen LogP contribution >= 0.6 is 0 Å². The summed E-state index contributed by atoms with van der Waals surface area (Å²) in [5, 5.41) is 11.6. The van der Waals surface area contributed by atoms with Gasteiger partial charge in [0.2, 0.25) is 0 Å². The lowest BCUT2D eigenvalue weighted by atomic mass is 10.2. The third kappa shape index (κ3) is 2.90. The van der Waals surface area contributed by atoms with E-state index < -0.39 is 15.8 Å². The lowest BCUT2D eigenvalue weighted by Gasteiger charge is -2.10. The normalized spacial score (nSPS) is 22.2. The molecule has 1 saturated heterocycles. The summed E-state index contributed by atoms with van der Waals surface area (Å²) in [6.07, 6.45) is 1.64. The van der Waals surface area contributed by atoms with Gasteiger partial charge in [-0.2, -0.15) is 0 Å². The van der Waals surface area contributed by atoms with Gasteiger partial charge in [-0.1, -0.05) is 0 Å². The average Bonchev–Trinajstić information content (AvgIpc) is 2.58. The molecule has 92 valence electrons. The summed E-state index contributed by atoms with van der Waals surface area (Å²) in [6, 6.07) is 1.07. The lowest BCUT2D eigenvalue weighted by molar-refractivity contribution is 0.0690. The second-order valence-corrected chi connectivity index (χ2v) is 6.07. The average molecular weight is 257 g/mol. The minimum atomic E-state index is -2.96. The molecule has 0 radical (unpaired) electrons. The third-order valence-corrected chi connectivity index (χ3v) is 4.24. The van der Waals surface area contributed by atoms with Crippen molar-refractivity contribution in [2.75, 3.05) is 16.8 Å². The Morgan fingerprint density at radius 1 is 1.47 bits per heavy atom. The van der Waals surface area contributed by atoms with Crippen LogP contribution < -0.4 is 5.32 Å². The van der Waals surface area contributed by atoms with Crippen LogP contribution in [-0.2, 0) is 9.84 Å². The second kappa shape index (κ2) is 4.28. The van der Waals surface area contributed by atoms with Crippen LogP contribution in [0.15, 0.2) is 12.4 Å². The van der Waals surface area contributed by atoms with E-state index in [9.17, 15) is 13.2 Å². The number of carboxylic acid groups (broad SMARTS) is 1. The van der Waals surface area contributed by atoms with Gasteiger partial charge in [-0.25, -0.2) is 23.2 Å². The molecule has 8 heteroatoms. The summed E-state index contributed by atoms with van der Waals surface area (Å²) in [4.78, 5) is 18.1. The molecular formula is C9H11N3O4S. The summed E-state index contributed by atoms with van der Waals surface area (Å²) in [5.74, 6) is -0.602. The first kappa shape index (κ1) is 11.8. The maximum atomic E-state index is 11.2. The standard InChI is InChI=1S/C9H11N3O4S/c13-9(14)7-3-8(11-5-10-7)12-6-1-2-17(15,16)4-6/h3,5-6H,1-2,4H2,(H,13,14)(H,10,11,12). The molecule has 0 amide bonds. The van der Waals surface area contributed by atoms with E-state index in [2.05, 4.69) is 15.3 Å². The van der Waals surface area contributed by atoms with E-state index in [0.717, 1.165) is 6.33 Å². The molecular weight excluding hydrogens is 246 g/mol. The Kier molecular flexibility index (Phi) is 2.97. The van der Waals surface area contributed by atoms with Crippen LogP contribution in [0.3, 0.4) is 0 Å². The van der Waals surface area contributed by atoms with Crippen LogP contribution in [0.1, 0.15) is 16.9 Å². The number of nitrogens with one attached hydrogen (secondary N) is 1. The number of rotatable bonds is 3. The van der Waals surface area contributed by atoms with Gasteiger partial charge in [-0.3, -0.25) is 0 Å². The first-order chi connectivity index (χ1) is 7.96. The molecule has 0 saturated carbocycles. The van der Waals surface area contributed by atoms with Crippen molar-refractivity contribution in [3.8, 4) is 0 Å². The quantitative estimate of drug-likeness (QED) is 0.769. The van der Waals surface area contributed by atoms with Crippen LogP contribution in [-0.4, -0.2) is 47.0 Å². The van der Waals surface area contributed by atoms with Gasteiger partial charge < -0.3 is 10.4 Å². The molecule has 2 rings (SSSR count). The monoisotopic (exact) mass is 257 g/mol. The van der Waals surface area contributed by atoms with Gasteiger partial charge in [0.25, 0.3) is 0 Å². The van der Waals surface area contributed by atoms with E-state index >= 15 is 0 Å². The minimum absolute atomic E-state index is 0.0550. The molecule has 1 atom stereocenters. The van der Waals surface area contributed by atoms with Crippen molar-refractivity contribution < 1.29 is 18.3 Å². The van der Waals surface area contributed by atoms with Crippen molar-refractivity contribution in [1.29, 1.82) is 0 Å². The molecule has 1 aromatic heterocycles. The first-order valence-corrected chi connectivity index (χ1v) is 6.81. The summed E-state index contributed by atoms with van der Waals surface area (Å²) in [5.41, 5.74) is -0.122. The maximum absolute atomic E-state index is 11.2. The van der Waals surface area contributed by atoms with Crippen molar-refractivity contribution in [3.63, 3.8) is 0 Å². The second-order valence-electron chi connectivity index (χ2n) is 3.84. The predicted octanol–water partition coefficient (Wildman–Crippen LogP) is -0.226. The Bertz CT molecular complexity index is 543. The molecule has 2 N–H and O–H groups in total. The molecule has 0 aliphatic carbocycles. The van der Waals surface area contributed by atoms with Crippen LogP contribution in [0.2, 0.25) is 0 Å². The Morgan fingerprint density at radius 3 is 2.82 bits per heavy atom.